The maximum atomic E-state index is 12.2. The Balaban J connectivity index is 1.61. The standard InChI is InChI=1S/C20H24N4O8/c25-21(26)16-8-4-5-9-19(16,15-6-2-1-3-7-15)32-24-20(22(27)28,23(29)30)14-18(31-24)13-12-17(18)10-11-17/h1-3,6-7,16H,4-5,8-14H2. The summed E-state index contributed by atoms with van der Waals surface area (Å²) >= 11 is 0. The van der Waals surface area contributed by atoms with E-state index < -0.39 is 44.2 Å². The molecule has 0 radical (unpaired) electrons. The average molecular weight is 448 g/mol. The summed E-state index contributed by atoms with van der Waals surface area (Å²) in [7, 11) is 0. The summed E-state index contributed by atoms with van der Waals surface area (Å²) in [4.78, 5) is 46.0. The van der Waals surface area contributed by atoms with Crippen LogP contribution in [0.2, 0.25) is 0 Å². The van der Waals surface area contributed by atoms with Crippen molar-refractivity contribution in [1.82, 2.24) is 5.23 Å². The van der Waals surface area contributed by atoms with Crippen LogP contribution in [0.3, 0.4) is 0 Å². The summed E-state index contributed by atoms with van der Waals surface area (Å²) in [5.41, 5.74) is -2.53. The Morgan fingerprint density at radius 3 is 2.12 bits per heavy atom. The molecule has 172 valence electrons. The molecule has 1 aromatic carbocycles. The number of fused-ring (bicyclic) bond motifs is 1. The molecule has 12 heteroatoms. The van der Waals surface area contributed by atoms with Crippen molar-refractivity contribution >= 4 is 0 Å². The van der Waals surface area contributed by atoms with Gasteiger partial charge in [0.2, 0.25) is 6.04 Å². The molecule has 4 fully saturated rings. The van der Waals surface area contributed by atoms with Crippen LogP contribution in [0, 0.1) is 35.8 Å². The Morgan fingerprint density at radius 1 is 0.938 bits per heavy atom. The first-order valence-electron chi connectivity index (χ1n) is 10.9. The van der Waals surface area contributed by atoms with Crippen LogP contribution < -0.4 is 0 Å². The van der Waals surface area contributed by atoms with Gasteiger partial charge in [0.25, 0.3) is 0 Å². The quantitative estimate of drug-likeness (QED) is 0.363. The Hall–Kier alpha value is -2.70. The summed E-state index contributed by atoms with van der Waals surface area (Å²) in [5.74, 6) is -2.86. The second kappa shape index (κ2) is 6.90. The third-order valence-electron chi connectivity index (χ3n) is 8.06. The number of rotatable bonds is 6. The fourth-order valence-electron chi connectivity index (χ4n) is 5.93. The summed E-state index contributed by atoms with van der Waals surface area (Å²) in [5, 5.41) is 36.8. The summed E-state index contributed by atoms with van der Waals surface area (Å²) < 4.78 is 0. The summed E-state index contributed by atoms with van der Waals surface area (Å²) in [6, 6.07) is 7.20. The Labute approximate surface area is 182 Å². The van der Waals surface area contributed by atoms with Crippen molar-refractivity contribution in [2.45, 2.75) is 80.8 Å². The van der Waals surface area contributed by atoms with Crippen LogP contribution in [-0.2, 0) is 15.3 Å². The minimum Gasteiger partial charge on any atom is -0.264 e. The van der Waals surface area contributed by atoms with Gasteiger partial charge in [-0.15, -0.1) is 0 Å². The van der Waals surface area contributed by atoms with Crippen LogP contribution in [0.1, 0.15) is 63.4 Å². The van der Waals surface area contributed by atoms with E-state index in [4.69, 9.17) is 9.68 Å². The zero-order chi connectivity index (χ0) is 22.8. The third kappa shape index (κ3) is 2.66. The number of hydrogen-bond donors (Lipinski definition) is 0. The van der Waals surface area contributed by atoms with Crippen molar-refractivity contribution < 1.29 is 24.4 Å². The van der Waals surface area contributed by atoms with E-state index in [2.05, 4.69) is 0 Å². The van der Waals surface area contributed by atoms with Gasteiger partial charge in [-0.25, -0.2) is 4.84 Å². The van der Waals surface area contributed by atoms with Gasteiger partial charge in [0.1, 0.15) is 21.9 Å². The maximum absolute atomic E-state index is 12.2. The molecule has 0 bridgehead atoms. The molecule has 32 heavy (non-hydrogen) atoms. The van der Waals surface area contributed by atoms with E-state index in [1.807, 2.05) is 0 Å². The Bertz CT molecular complexity index is 956. The zero-order valence-electron chi connectivity index (χ0n) is 17.4. The van der Waals surface area contributed by atoms with Crippen LogP contribution in [0.15, 0.2) is 30.3 Å². The SMILES string of the molecule is O=[N+]([O-])C1CCCCC1(ON1OC2(CCC23CC3)CC1([N+](=O)[O-])[N+](=O)[O-])c1ccccc1. The van der Waals surface area contributed by atoms with Crippen LogP contribution in [0.4, 0.5) is 0 Å². The molecular weight excluding hydrogens is 424 g/mol. The fourth-order valence-corrected chi connectivity index (χ4v) is 5.93. The summed E-state index contributed by atoms with van der Waals surface area (Å²) in [6.45, 7) is 0. The normalized spacial score (nSPS) is 34.8. The maximum Gasteiger partial charge on any atom is 0.569 e. The van der Waals surface area contributed by atoms with Gasteiger partial charge < -0.3 is 0 Å². The van der Waals surface area contributed by atoms with Gasteiger partial charge in [-0.1, -0.05) is 30.3 Å². The number of hydroxylamine groups is 2. The summed E-state index contributed by atoms with van der Waals surface area (Å²) in [6.07, 6.45) is 3.90. The molecule has 3 atom stereocenters. The van der Waals surface area contributed by atoms with Crippen molar-refractivity contribution in [3.8, 4) is 0 Å². The van der Waals surface area contributed by atoms with E-state index in [-0.39, 0.29) is 18.3 Å². The second-order valence-corrected chi connectivity index (χ2v) is 9.48. The van der Waals surface area contributed by atoms with Crippen LogP contribution in [0.25, 0.3) is 0 Å². The van der Waals surface area contributed by atoms with Gasteiger partial charge >= 0.3 is 5.79 Å². The molecule has 3 saturated carbocycles. The van der Waals surface area contributed by atoms with Gasteiger partial charge in [0.05, 0.1) is 5.23 Å². The smallest absolute Gasteiger partial charge is 0.264 e. The number of benzene rings is 1. The molecule has 4 aliphatic rings. The first-order chi connectivity index (χ1) is 15.2. The lowest BCUT2D eigenvalue weighted by molar-refractivity contribution is -0.854. The molecule has 0 amide bonds. The van der Waals surface area contributed by atoms with E-state index in [1.165, 1.54) is 0 Å². The van der Waals surface area contributed by atoms with Crippen molar-refractivity contribution in [3.05, 3.63) is 66.2 Å². The van der Waals surface area contributed by atoms with Crippen molar-refractivity contribution in [2.24, 2.45) is 5.41 Å². The van der Waals surface area contributed by atoms with Gasteiger partial charge in [-0.3, -0.25) is 35.2 Å². The zero-order valence-corrected chi connectivity index (χ0v) is 17.4. The average Bonchev–Trinajstić information content (AvgIpc) is 3.52. The van der Waals surface area contributed by atoms with E-state index in [9.17, 15) is 30.3 Å². The number of hydrogen-bond acceptors (Lipinski definition) is 9. The minimum atomic E-state index is -2.86. The lowest BCUT2D eigenvalue weighted by atomic mass is 9.64. The fraction of sp³-hybridized carbons (Fsp3) is 0.700. The second-order valence-electron chi connectivity index (χ2n) is 9.48. The third-order valence-corrected chi connectivity index (χ3v) is 8.06. The number of nitro groups is 3. The van der Waals surface area contributed by atoms with Crippen LogP contribution in [-0.4, -0.2) is 37.4 Å². The van der Waals surface area contributed by atoms with E-state index in [0.29, 0.717) is 30.1 Å². The molecule has 1 saturated heterocycles. The lowest BCUT2D eigenvalue weighted by Crippen LogP contribution is -2.60. The highest BCUT2D eigenvalue weighted by atomic mass is 17.0. The molecule has 1 heterocycles. The van der Waals surface area contributed by atoms with E-state index >= 15 is 0 Å². The minimum absolute atomic E-state index is 0.187. The predicted octanol–water partition coefficient (Wildman–Crippen LogP) is 3.19. The van der Waals surface area contributed by atoms with Gasteiger partial charge in [-0.2, -0.15) is 0 Å². The Morgan fingerprint density at radius 2 is 1.59 bits per heavy atom. The van der Waals surface area contributed by atoms with Crippen molar-refractivity contribution in [2.75, 3.05) is 0 Å². The molecule has 5 rings (SSSR count). The molecular formula is C20H24N4O8. The van der Waals surface area contributed by atoms with Crippen LogP contribution in [0.5, 0.6) is 0 Å². The monoisotopic (exact) mass is 448 g/mol. The van der Waals surface area contributed by atoms with Crippen molar-refractivity contribution in [1.29, 1.82) is 0 Å². The highest BCUT2D eigenvalue weighted by Gasteiger charge is 2.84. The topological polar surface area (TPSA) is 151 Å². The molecule has 1 aliphatic heterocycles. The Kier molecular flexibility index (Phi) is 4.56. The first-order valence-corrected chi connectivity index (χ1v) is 10.9. The highest BCUT2D eigenvalue weighted by molar-refractivity contribution is 5.25. The van der Waals surface area contributed by atoms with Gasteiger partial charge in [0.15, 0.2) is 5.60 Å². The van der Waals surface area contributed by atoms with Crippen molar-refractivity contribution in [3.63, 3.8) is 0 Å². The molecule has 12 nitrogen and oxygen atoms in total. The molecule has 2 spiro atoms. The first kappa shape index (κ1) is 21.2. The van der Waals surface area contributed by atoms with Gasteiger partial charge in [-0.05, 0) is 50.5 Å². The number of nitrogens with zero attached hydrogens (tertiary/aromatic N) is 4. The van der Waals surface area contributed by atoms with E-state index in [1.54, 1.807) is 30.3 Å². The van der Waals surface area contributed by atoms with E-state index in [0.717, 1.165) is 19.3 Å². The van der Waals surface area contributed by atoms with Gasteiger partial charge in [0, 0.05) is 16.8 Å². The lowest BCUT2D eigenvalue weighted by Gasteiger charge is -2.45. The van der Waals surface area contributed by atoms with Crippen LogP contribution >= 0.6 is 0 Å². The largest absolute Gasteiger partial charge is 0.569 e. The highest BCUT2D eigenvalue weighted by Crippen LogP contribution is 2.72. The predicted molar refractivity (Wildman–Crippen MR) is 106 cm³/mol. The molecule has 3 unspecified atom stereocenters. The molecule has 0 N–H and O–H groups in total. The molecule has 1 aromatic rings. The molecule has 0 aromatic heterocycles. The molecule has 3 aliphatic carbocycles.